The van der Waals surface area contributed by atoms with E-state index in [2.05, 4.69) is 10.4 Å². The predicted octanol–water partition coefficient (Wildman–Crippen LogP) is 3.60. The number of aromatic nitrogens is 2. The lowest BCUT2D eigenvalue weighted by Crippen LogP contribution is -2.14. The number of methoxy groups -OCH3 is 1. The number of anilines is 1. The number of ether oxygens (including phenoxy) is 1. The van der Waals surface area contributed by atoms with Crippen LogP contribution in [0.1, 0.15) is 21.7 Å². The van der Waals surface area contributed by atoms with Crippen molar-refractivity contribution in [1.82, 2.24) is 9.78 Å². The van der Waals surface area contributed by atoms with E-state index in [1.54, 1.807) is 4.68 Å². The molecule has 2 aromatic rings. The first kappa shape index (κ1) is 15.7. The van der Waals surface area contributed by atoms with E-state index in [9.17, 15) is 4.79 Å². The second-order valence-electron chi connectivity index (χ2n) is 4.59. The predicted molar refractivity (Wildman–Crippen MR) is 83.6 cm³/mol. The van der Waals surface area contributed by atoms with Gasteiger partial charge in [-0.2, -0.15) is 5.10 Å². The van der Waals surface area contributed by atoms with Gasteiger partial charge in [-0.1, -0.05) is 23.2 Å². The summed E-state index contributed by atoms with van der Waals surface area (Å²) in [4.78, 5) is 12.5. The van der Waals surface area contributed by atoms with Crippen molar-refractivity contribution in [3.8, 4) is 5.75 Å². The Kier molecular flexibility index (Phi) is 4.44. The van der Waals surface area contributed by atoms with Crippen LogP contribution in [0.5, 0.6) is 5.75 Å². The van der Waals surface area contributed by atoms with Crippen LogP contribution in [0.25, 0.3) is 0 Å². The van der Waals surface area contributed by atoms with Gasteiger partial charge in [0.25, 0.3) is 5.91 Å². The number of amides is 1. The lowest BCUT2D eigenvalue weighted by atomic mass is 10.1. The normalized spacial score (nSPS) is 10.6. The lowest BCUT2D eigenvalue weighted by Gasteiger charge is -2.11. The Morgan fingerprint density at radius 1 is 1.33 bits per heavy atom. The molecule has 0 radical (unpaired) electrons. The van der Waals surface area contributed by atoms with Gasteiger partial charge in [0.05, 0.1) is 34.8 Å². The third-order valence-electron chi connectivity index (χ3n) is 3.20. The Hall–Kier alpha value is -1.72. The van der Waals surface area contributed by atoms with E-state index in [4.69, 9.17) is 27.9 Å². The standard InChI is InChI=1S/C14H15Cl2N3O2/c1-7-12(8(2)19(3)18-7)17-14(20)10-5-9(15)6-11(16)13(10)21-4/h5-6H,1-4H3,(H,17,20). The number of hydrogen-bond donors (Lipinski definition) is 1. The maximum Gasteiger partial charge on any atom is 0.259 e. The molecule has 2 rings (SSSR count). The highest BCUT2D eigenvalue weighted by molar-refractivity contribution is 6.36. The zero-order valence-electron chi connectivity index (χ0n) is 12.1. The number of carbonyl (C=O) groups is 1. The minimum absolute atomic E-state index is 0.276. The molecular weight excluding hydrogens is 313 g/mol. The first-order valence-corrected chi connectivity index (χ1v) is 6.95. The van der Waals surface area contributed by atoms with Crippen LogP contribution in [0.15, 0.2) is 12.1 Å². The van der Waals surface area contributed by atoms with Gasteiger partial charge in [-0.3, -0.25) is 9.48 Å². The van der Waals surface area contributed by atoms with Crippen molar-refractivity contribution in [2.45, 2.75) is 13.8 Å². The number of aryl methyl sites for hydroxylation is 2. The Labute approximate surface area is 132 Å². The highest BCUT2D eigenvalue weighted by Gasteiger charge is 2.19. The Bertz CT molecular complexity index is 711. The van der Waals surface area contributed by atoms with Crippen molar-refractivity contribution in [1.29, 1.82) is 0 Å². The van der Waals surface area contributed by atoms with Crippen molar-refractivity contribution in [2.75, 3.05) is 12.4 Å². The van der Waals surface area contributed by atoms with Crippen LogP contribution >= 0.6 is 23.2 Å². The number of rotatable bonds is 3. The third kappa shape index (κ3) is 2.99. The van der Waals surface area contributed by atoms with Crippen LogP contribution in [-0.4, -0.2) is 22.8 Å². The molecular formula is C14H15Cl2N3O2. The molecule has 0 saturated heterocycles. The summed E-state index contributed by atoms with van der Waals surface area (Å²) in [7, 11) is 3.27. The van der Waals surface area contributed by atoms with Crippen molar-refractivity contribution in [3.05, 3.63) is 39.1 Å². The molecule has 1 N–H and O–H groups in total. The molecule has 0 aliphatic rings. The maximum atomic E-state index is 12.5. The Balaban J connectivity index is 2.41. The van der Waals surface area contributed by atoms with Gasteiger partial charge in [-0.25, -0.2) is 0 Å². The van der Waals surface area contributed by atoms with E-state index >= 15 is 0 Å². The van der Waals surface area contributed by atoms with E-state index in [1.165, 1.54) is 19.2 Å². The molecule has 21 heavy (non-hydrogen) atoms. The van der Waals surface area contributed by atoms with Gasteiger partial charge in [0.1, 0.15) is 5.75 Å². The minimum atomic E-state index is -0.351. The highest BCUT2D eigenvalue weighted by atomic mass is 35.5. The van der Waals surface area contributed by atoms with E-state index in [-0.39, 0.29) is 22.2 Å². The molecule has 1 aromatic carbocycles. The molecule has 0 spiro atoms. The second-order valence-corrected chi connectivity index (χ2v) is 5.44. The van der Waals surface area contributed by atoms with E-state index in [0.29, 0.717) is 10.7 Å². The molecule has 0 bridgehead atoms. The van der Waals surface area contributed by atoms with Crippen LogP contribution in [0.2, 0.25) is 10.0 Å². The van der Waals surface area contributed by atoms with Crippen LogP contribution in [0.3, 0.4) is 0 Å². The molecule has 5 nitrogen and oxygen atoms in total. The number of nitrogens with one attached hydrogen (secondary N) is 1. The van der Waals surface area contributed by atoms with E-state index in [0.717, 1.165) is 11.4 Å². The van der Waals surface area contributed by atoms with E-state index < -0.39 is 0 Å². The molecule has 1 amide bonds. The van der Waals surface area contributed by atoms with Crippen molar-refractivity contribution >= 4 is 34.8 Å². The summed E-state index contributed by atoms with van der Waals surface area (Å²) >= 11 is 12.0. The smallest absolute Gasteiger partial charge is 0.259 e. The summed E-state index contributed by atoms with van der Waals surface area (Å²) in [5.41, 5.74) is 2.53. The number of hydrogen-bond acceptors (Lipinski definition) is 3. The molecule has 0 saturated carbocycles. The fourth-order valence-electron chi connectivity index (χ4n) is 2.07. The average Bonchev–Trinajstić information content (AvgIpc) is 2.64. The molecule has 0 atom stereocenters. The maximum absolute atomic E-state index is 12.5. The fraction of sp³-hybridized carbons (Fsp3) is 0.286. The van der Waals surface area contributed by atoms with Crippen LogP contribution in [0, 0.1) is 13.8 Å². The lowest BCUT2D eigenvalue weighted by molar-refractivity contribution is 0.102. The molecule has 112 valence electrons. The quantitative estimate of drug-likeness (QED) is 0.936. The topological polar surface area (TPSA) is 56.1 Å². The van der Waals surface area contributed by atoms with Gasteiger partial charge in [-0.05, 0) is 26.0 Å². The molecule has 0 aliphatic heterocycles. The van der Waals surface area contributed by atoms with Crippen molar-refractivity contribution < 1.29 is 9.53 Å². The minimum Gasteiger partial charge on any atom is -0.494 e. The monoisotopic (exact) mass is 327 g/mol. The summed E-state index contributed by atoms with van der Waals surface area (Å²) in [5.74, 6) is -0.0618. The first-order chi connectivity index (χ1) is 9.85. The van der Waals surface area contributed by atoms with Gasteiger partial charge < -0.3 is 10.1 Å². The Morgan fingerprint density at radius 2 is 2.00 bits per heavy atom. The fourth-order valence-corrected chi connectivity index (χ4v) is 2.64. The van der Waals surface area contributed by atoms with Gasteiger partial charge in [0, 0.05) is 12.1 Å². The largest absolute Gasteiger partial charge is 0.494 e. The summed E-state index contributed by atoms with van der Waals surface area (Å²) in [6, 6.07) is 3.04. The zero-order valence-corrected chi connectivity index (χ0v) is 13.6. The number of halogens is 2. The van der Waals surface area contributed by atoms with Gasteiger partial charge in [-0.15, -0.1) is 0 Å². The molecule has 7 heteroatoms. The van der Waals surface area contributed by atoms with Crippen LogP contribution in [-0.2, 0) is 7.05 Å². The molecule has 1 heterocycles. The van der Waals surface area contributed by atoms with Crippen LogP contribution in [0.4, 0.5) is 5.69 Å². The molecule has 1 aromatic heterocycles. The Morgan fingerprint density at radius 3 is 2.52 bits per heavy atom. The summed E-state index contributed by atoms with van der Waals surface area (Å²) < 4.78 is 6.88. The van der Waals surface area contributed by atoms with Gasteiger partial charge >= 0.3 is 0 Å². The van der Waals surface area contributed by atoms with E-state index in [1.807, 2.05) is 20.9 Å². The molecule has 0 fully saturated rings. The SMILES string of the molecule is COc1c(Cl)cc(Cl)cc1C(=O)Nc1c(C)nn(C)c1C. The van der Waals surface area contributed by atoms with Crippen molar-refractivity contribution in [2.24, 2.45) is 7.05 Å². The average molecular weight is 328 g/mol. The number of nitrogens with zero attached hydrogens (tertiary/aromatic N) is 2. The second kappa shape index (κ2) is 5.95. The molecule has 0 unspecified atom stereocenters. The summed E-state index contributed by atoms with van der Waals surface area (Å²) in [5, 5.41) is 7.73. The third-order valence-corrected chi connectivity index (χ3v) is 3.70. The summed E-state index contributed by atoms with van der Waals surface area (Å²) in [6.45, 7) is 3.70. The number of benzene rings is 1. The first-order valence-electron chi connectivity index (χ1n) is 6.19. The highest BCUT2D eigenvalue weighted by Crippen LogP contribution is 2.33. The summed E-state index contributed by atoms with van der Waals surface area (Å²) in [6.07, 6.45) is 0. The molecule has 0 aliphatic carbocycles. The number of carbonyl (C=O) groups excluding carboxylic acids is 1. The zero-order chi connectivity index (χ0) is 15.7. The van der Waals surface area contributed by atoms with Crippen LogP contribution < -0.4 is 10.1 Å². The van der Waals surface area contributed by atoms with Crippen molar-refractivity contribution in [3.63, 3.8) is 0 Å². The van der Waals surface area contributed by atoms with Gasteiger partial charge in [0.15, 0.2) is 0 Å². The van der Waals surface area contributed by atoms with Gasteiger partial charge in [0.2, 0.25) is 0 Å².